The van der Waals surface area contributed by atoms with E-state index in [4.69, 9.17) is 15.3 Å². The van der Waals surface area contributed by atoms with Gasteiger partial charge in [-0.25, -0.2) is 14.1 Å². The molecule has 1 aliphatic heterocycles. The molecule has 0 spiro atoms. The van der Waals surface area contributed by atoms with Crippen molar-refractivity contribution in [2.75, 3.05) is 7.05 Å². The van der Waals surface area contributed by atoms with Crippen molar-refractivity contribution in [1.82, 2.24) is 9.88 Å². The maximum atomic E-state index is 13.4. The molecule has 3 rings (SSSR count). The monoisotopic (exact) mass is 286 g/mol. The molecule has 1 aromatic carbocycles. The number of aromatic nitrogens is 1. The van der Waals surface area contributed by atoms with E-state index in [1.165, 1.54) is 13.1 Å². The van der Waals surface area contributed by atoms with Crippen LogP contribution in [0.4, 0.5) is 8.78 Å². The van der Waals surface area contributed by atoms with Crippen LogP contribution in [0.1, 0.15) is 12.0 Å². The largest absolute Gasteiger partial charge is 0.347 e. The van der Waals surface area contributed by atoms with Gasteiger partial charge < -0.3 is 19.9 Å². The van der Waals surface area contributed by atoms with Gasteiger partial charge >= 0.3 is 6.10 Å². The van der Waals surface area contributed by atoms with Crippen molar-refractivity contribution in [3.05, 3.63) is 35.5 Å². The van der Waals surface area contributed by atoms with E-state index in [-0.39, 0.29) is 0 Å². The Morgan fingerprint density at radius 3 is 2.55 bits per heavy atom. The van der Waals surface area contributed by atoms with Gasteiger partial charge in [0.25, 0.3) is 0 Å². The normalized spacial score (nSPS) is 14.1. The van der Waals surface area contributed by atoms with Crippen LogP contribution in [-0.2, 0) is 13.0 Å². The third-order valence-electron chi connectivity index (χ3n) is 3.20. The fraction of sp³-hybridized carbons (Fsp3) is 0.385. The third-order valence-corrected chi connectivity index (χ3v) is 3.20. The Bertz CT molecular complexity index is 620. The molecule has 4 N–H and O–H groups in total. The average Bonchev–Trinajstić information content (AvgIpc) is 2.82. The molecule has 20 heavy (non-hydrogen) atoms. The SMILES string of the molecule is CNC(O)(O)O.Fc1cc2c3c(ccn3CCC2)c1F. The first-order valence-electron chi connectivity index (χ1n) is 6.15. The molecule has 1 aliphatic rings. The molecule has 2 heterocycles. The lowest BCUT2D eigenvalue weighted by Crippen LogP contribution is -2.41. The molecule has 0 radical (unpaired) electrons. The second kappa shape index (κ2) is 5.45. The van der Waals surface area contributed by atoms with Crippen LogP contribution in [0.2, 0.25) is 0 Å². The standard InChI is InChI=1S/C11H9F2N.C2H7NO3/c12-9-6-7-2-1-4-14-5-3-8(10(9)13)11(7)14;1-3-2(4,5)6/h3,5-6H,1-2,4H2;3-6H,1H3. The molecular weight excluding hydrogens is 270 g/mol. The molecule has 5 nitrogen and oxygen atoms in total. The zero-order chi connectivity index (χ0) is 14.9. The van der Waals surface area contributed by atoms with Crippen LogP contribution in [0, 0.1) is 11.6 Å². The lowest BCUT2D eigenvalue weighted by Gasteiger charge is -2.15. The Kier molecular flexibility index (Phi) is 4.05. The summed E-state index contributed by atoms with van der Waals surface area (Å²) in [4.78, 5) is 0. The van der Waals surface area contributed by atoms with Crippen molar-refractivity contribution < 1.29 is 24.1 Å². The van der Waals surface area contributed by atoms with Gasteiger partial charge in [0.2, 0.25) is 0 Å². The number of aliphatic hydroxyl groups is 3. The van der Waals surface area contributed by atoms with Gasteiger partial charge in [-0.3, -0.25) is 0 Å². The molecule has 1 aromatic heterocycles. The van der Waals surface area contributed by atoms with Crippen molar-refractivity contribution in [3.63, 3.8) is 0 Å². The first kappa shape index (κ1) is 14.9. The Balaban J connectivity index is 0.000000212. The van der Waals surface area contributed by atoms with Crippen molar-refractivity contribution in [2.24, 2.45) is 0 Å². The Morgan fingerprint density at radius 2 is 1.95 bits per heavy atom. The molecule has 0 saturated heterocycles. The number of nitrogens with one attached hydrogen (secondary N) is 1. The highest BCUT2D eigenvalue weighted by atomic mass is 19.2. The molecule has 2 aromatic rings. The third kappa shape index (κ3) is 2.96. The molecule has 0 saturated carbocycles. The number of hydrogen-bond acceptors (Lipinski definition) is 4. The van der Waals surface area contributed by atoms with E-state index < -0.39 is 17.7 Å². The first-order valence-corrected chi connectivity index (χ1v) is 6.15. The number of aryl methyl sites for hydroxylation is 2. The summed E-state index contributed by atoms with van der Waals surface area (Å²) in [5, 5.41) is 25.7. The molecule has 0 atom stereocenters. The maximum Gasteiger partial charge on any atom is 0.342 e. The number of hydrogen-bond donors (Lipinski definition) is 4. The molecule has 0 amide bonds. The highest BCUT2D eigenvalue weighted by molar-refractivity contribution is 5.84. The van der Waals surface area contributed by atoms with E-state index in [1.54, 1.807) is 11.4 Å². The van der Waals surface area contributed by atoms with Gasteiger partial charge in [0.1, 0.15) is 0 Å². The van der Waals surface area contributed by atoms with E-state index in [9.17, 15) is 8.78 Å². The van der Waals surface area contributed by atoms with Crippen LogP contribution < -0.4 is 5.32 Å². The smallest absolute Gasteiger partial charge is 0.342 e. The van der Waals surface area contributed by atoms with Gasteiger partial charge in [0.05, 0.1) is 5.52 Å². The summed E-state index contributed by atoms with van der Waals surface area (Å²) in [6, 6.07) is 2.98. The fourth-order valence-corrected chi connectivity index (χ4v) is 2.24. The van der Waals surface area contributed by atoms with Crippen LogP contribution >= 0.6 is 0 Å². The van der Waals surface area contributed by atoms with E-state index in [0.717, 1.165) is 30.5 Å². The van der Waals surface area contributed by atoms with Gasteiger partial charge in [0.15, 0.2) is 11.6 Å². The predicted molar refractivity (Wildman–Crippen MR) is 68.6 cm³/mol. The zero-order valence-corrected chi connectivity index (χ0v) is 10.9. The summed E-state index contributed by atoms with van der Waals surface area (Å²) in [5.74, 6) is -1.45. The minimum atomic E-state index is -2.71. The Morgan fingerprint density at radius 1 is 1.30 bits per heavy atom. The minimum Gasteiger partial charge on any atom is -0.347 e. The lowest BCUT2D eigenvalue weighted by molar-refractivity contribution is -0.328. The summed E-state index contributed by atoms with van der Waals surface area (Å²) in [6.07, 6.45) is 0.968. The second-order valence-electron chi connectivity index (χ2n) is 4.59. The van der Waals surface area contributed by atoms with E-state index in [0.29, 0.717) is 5.39 Å². The Labute approximate surface area is 114 Å². The summed E-state index contributed by atoms with van der Waals surface area (Å²) >= 11 is 0. The molecule has 0 bridgehead atoms. The maximum absolute atomic E-state index is 13.4. The molecule has 0 fully saturated rings. The molecule has 0 aliphatic carbocycles. The van der Waals surface area contributed by atoms with E-state index in [1.807, 2.05) is 10.8 Å². The molecule has 0 unspecified atom stereocenters. The number of halogens is 2. The highest BCUT2D eigenvalue weighted by Crippen LogP contribution is 2.29. The minimum absolute atomic E-state index is 0.416. The van der Waals surface area contributed by atoms with Crippen molar-refractivity contribution in [2.45, 2.75) is 25.5 Å². The predicted octanol–water partition coefficient (Wildman–Crippen LogP) is 0.660. The summed E-state index contributed by atoms with van der Waals surface area (Å²) in [6.45, 7) is 0.904. The van der Waals surface area contributed by atoms with E-state index >= 15 is 0 Å². The van der Waals surface area contributed by atoms with Gasteiger partial charge in [-0.1, -0.05) is 0 Å². The van der Waals surface area contributed by atoms with Crippen LogP contribution in [0.15, 0.2) is 18.3 Å². The molecule has 110 valence electrons. The fourth-order valence-electron chi connectivity index (χ4n) is 2.24. The average molecular weight is 286 g/mol. The molecular formula is C13H16F2N2O3. The lowest BCUT2D eigenvalue weighted by atomic mass is 10.0. The van der Waals surface area contributed by atoms with Gasteiger partial charge in [-0.2, -0.15) is 0 Å². The van der Waals surface area contributed by atoms with Crippen LogP contribution in [-0.4, -0.2) is 33.0 Å². The quantitative estimate of drug-likeness (QED) is 0.581. The van der Waals surface area contributed by atoms with Crippen molar-refractivity contribution >= 4 is 10.9 Å². The number of benzene rings is 1. The van der Waals surface area contributed by atoms with Crippen molar-refractivity contribution in [3.8, 4) is 0 Å². The van der Waals surface area contributed by atoms with E-state index in [2.05, 4.69) is 0 Å². The summed E-state index contributed by atoms with van der Waals surface area (Å²) in [5.41, 5.74) is 1.80. The van der Waals surface area contributed by atoms with Gasteiger partial charge in [-0.15, -0.1) is 0 Å². The number of rotatable bonds is 1. The summed E-state index contributed by atoms with van der Waals surface area (Å²) in [7, 11) is 1.21. The summed E-state index contributed by atoms with van der Waals surface area (Å²) < 4.78 is 28.5. The van der Waals surface area contributed by atoms with Gasteiger partial charge in [0, 0.05) is 18.1 Å². The highest BCUT2D eigenvalue weighted by Gasteiger charge is 2.18. The first-order chi connectivity index (χ1) is 9.33. The van der Waals surface area contributed by atoms with Gasteiger partial charge in [-0.05, 0) is 37.6 Å². The topological polar surface area (TPSA) is 77.7 Å². The number of nitrogens with zero attached hydrogens (tertiary/aromatic N) is 1. The molecule has 7 heteroatoms. The van der Waals surface area contributed by atoms with Crippen LogP contribution in [0.5, 0.6) is 0 Å². The zero-order valence-electron chi connectivity index (χ0n) is 10.9. The van der Waals surface area contributed by atoms with Crippen LogP contribution in [0.25, 0.3) is 10.9 Å². The van der Waals surface area contributed by atoms with Crippen LogP contribution in [0.3, 0.4) is 0 Å². The second-order valence-corrected chi connectivity index (χ2v) is 4.59. The van der Waals surface area contributed by atoms with Crippen molar-refractivity contribution in [1.29, 1.82) is 0 Å². The Hall–Kier alpha value is -1.54.